The van der Waals surface area contributed by atoms with Crippen LogP contribution in [0.3, 0.4) is 0 Å². The van der Waals surface area contributed by atoms with Crippen LogP contribution in [0, 0.1) is 0 Å². The van der Waals surface area contributed by atoms with E-state index >= 15 is 0 Å². The Morgan fingerprint density at radius 3 is 2.60 bits per heavy atom. The van der Waals surface area contributed by atoms with Crippen molar-refractivity contribution in [3.8, 4) is 0 Å². The number of rotatable bonds is 6. The maximum absolute atomic E-state index is 10.9. The first-order chi connectivity index (χ1) is 7.24. The van der Waals surface area contributed by atoms with Crippen molar-refractivity contribution in [3.63, 3.8) is 0 Å². The molecule has 1 atom stereocenters. The Bertz CT molecular complexity index is 191. The van der Waals surface area contributed by atoms with E-state index in [1.54, 1.807) is 0 Å². The molecule has 0 radical (unpaired) electrons. The minimum Gasteiger partial charge on any atom is -0.480 e. The van der Waals surface area contributed by atoms with Crippen molar-refractivity contribution in [3.05, 3.63) is 0 Å². The standard InChI is InChI=1S/C11H22N2O2/c1-2-12-10(11(14)15)6-9-13-7-4-3-5-8-13/h10,12H,2-9H2,1H3,(H,14,15). The summed E-state index contributed by atoms with van der Waals surface area (Å²) in [4.78, 5) is 13.3. The molecule has 1 saturated heterocycles. The quantitative estimate of drug-likeness (QED) is 0.690. The number of hydrogen-bond acceptors (Lipinski definition) is 3. The highest BCUT2D eigenvalue weighted by molar-refractivity contribution is 5.73. The molecule has 0 spiro atoms. The van der Waals surface area contributed by atoms with Gasteiger partial charge in [-0.2, -0.15) is 0 Å². The van der Waals surface area contributed by atoms with Crippen LogP contribution in [-0.4, -0.2) is 48.2 Å². The van der Waals surface area contributed by atoms with Gasteiger partial charge >= 0.3 is 5.97 Å². The molecule has 1 heterocycles. The van der Waals surface area contributed by atoms with Gasteiger partial charge in [-0.15, -0.1) is 0 Å². The van der Waals surface area contributed by atoms with E-state index in [1.165, 1.54) is 19.3 Å². The molecule has 15 heavy (non-hydrogen) atoms. The average molecular weight is 214 g/mol. The Morgan fingerprint density at radius 1 is 1.40 bits per heavy atom. The smallest absolute Gasteiger partial charge is 0.320 e. The zero-order chi connectivity index (χ0) is 11.1. The SMILES string of the molecule is CCNC(CCN1CCCCC1)C(=O)O. The molecule has 2 N–H and O–H groups in total. The van der Waals surface area contributed by atoms with Gasteiger partial charge in [-0.3, -0.25) is 4.79 Å². The first kappa shape index (κ1) is 12.5. The lowest BCUT2D eigenvalue weighted by Crippen LogP contribution is -2.40. The van der Waals surface area contributed by atoms with E-state index in [0.717, 1.165) is 26.2 Å². The number of likely N-dealkylation sites (N-methyl/N-ethyl adjacent to an activating group) is 1. The largest absolute Gasteiger partial charge is 0.480 e. The molecule has 1 unspecified atom stereocenters. The molecule has 0 aliphatic carbocycles. The van der Waals surface area contributed by atoms with Crippen LogP contribution < -0.4 is 5.32 Å². The zero-order valence-corrected chi connectivity index (χ0v) is 9.54. The van der Waals surface area contributed by atoms with Gasteiger partial charge in [-0.05, 0) is 38.9 Å². The van der Waals surface area contributed by atoms with Crippen molar-refractivity contribution in [2.45, 2.75) is 38.6 Å². The summed E-state index contributed by atoms with van der Waals surface area (Å²) >= 11 is 0. The topological polar surface area (TPSA) is 52.6 Å². The summed E-state index contributed by atoms with van der Waals surface area (Å²) in [7, 11) is 0. The molecule has 88 valence electrons. The van der Waals surface area contributed by atoms with Crippen molar-refractivity contribution in [2.75, 3.05) is 26.2 Å². The van der Waals surface area contributed by atoms with Gasteiger partial charge in [0.25, 0.3) is 0 Å². The van der Waals surface area contributed by atoms with Crippen LogP contribution >= 0.6 is 0 Å². The number of hydrogen-bond donors (Lipinski definition) is 2. The minimum atomic E-state index is -0.728. The first-order valence-electron chi connectivity index (χ1n) is 5.92. The van der Waals surface area contributed by atoms with Crippen LogP contribution in [0.25, 0.3) is 0 Å². The second kappa shape index (κ2) is 6.80. The Hall–Kier alpha value is -0.610. The van der Waals surface area contributed by atoms with E-state index in [0.29, 0.717) is 6.42 Å². The number of piperidine rings is 1. The predicted octanol–water partition coefficient (Wildman–Crippen LogP) is 0.925. The maximum Gasteiger partial charge on any atom is 0.320 e. The van der Waals surface area contributed by atoms with Crippen molar-refractivity contribution in [1.82, 2.24) is 10.2 Å². The van der Waals surface area contributed by atoms with E-state index < -0.39 is 5.97 Å². The third-order valence-electron chi connectivity index (χ3n) is 2.93. The van der Waals surface area contributed by atoms with Gasteiger partial charge in [0.1, 0.15) is 6.04 Å². The third kappa shape index (κ3) is 4.62. The number of carbonyl (C=O) groups is 1. The molecule has 4 heteroatoms. The number of nitrogens with one attached hydrogen (secondary N) is 1. The second-order valence-electron chi connectivity index (χ2n) is 4.14. The van der Waals surface area contributed by atoms with E-state index in [1.807, 2.05) is 6.92 Å². The molecule has 0 bridgehead atoms. The van der Waals surface area contributed by atoms with Crippen LogP contribution in [0.2, 0.25) is 0 Å². The lowest BCUT2D eigenvalue weighted by molar-refractivity contribution is -0.139. The van der Waals surface area contributed by atoms with Crippen LogP contribution in [0.15, 0.2) is 0 Å². The molecule has 0 aromatic rings. The zero-order valence-electron chi connectivity index (χ0n) is 9.54. The van der Waals surface area contributed by atoms with Crippen LogP contribution in [0.4, 0.5) is 0 Å². The Morgan fingerprint density at radius 2 is 2.07 bits per heavy atom. The van der Waals surface area contributed by atoms with Crippen molar-refractivity contribution in [2.24, 2.45) is 0 Å². The van der Waals surface area contributed by atoms with Crippen molar-refractivity contribution >= 4 is 5.97 Å². The third-order valence-corrected chi connectivity index (χ3v) is 2.93. The Balaban J connectivity index is 2.22. The number of nitrogens with zero attached hydrogens (tertiary/aromatic N) is 1. The fourth-order valence-electron chi connectivity index (χ4n) is 2.05. The maximum atomic E-state index is 10.9. The molecule has 0 saturated carbocycles. The van der Waals surface area contributed by atoms with Gasteiger partial charge in [0.2, 0.25) is 0 Å². The van der Waals surface area contributed by atoms with E-state index in [4.69, 9.17) is 5.11 Å². The molecule has 1 aliphatic heterocycles. The molecule has 1 aliphatic rings. The molecule has 0 aromatic carbocycles. The van der Waals surface area contributed by atoms with E-state index in [9.17, 15) is 4.79 Å². The molecule has 0 aromatic heterocycles. The molecular weight excluding hydrogens is 192 g/mol. The van der Waals surface area contributed by atoms with Gasteiger partial charge in [-0.1, -0.05) is 13.3 Å². The summed E-state index contributed by atoms with van der Waals surface area (Å²) in [5.41, 5.74) is 0. The fraction of sp³-hybridized carbons (Fsp3) is 0.909. The van der Waals surface area contributed by atoms with Crippen LogP contribution in [-0.2, 0) is 4.79 Å². The fourth-order valence-corrected chi connectivity index (χ4v) is 2.05. The first-order valence-corrected chi connectivity index (χ1v) is 5.92. The number of aliphatic carboxylic acids is 1. The van der Waals surface area contributed by atoms with E-state index in [-0.39, 0.29) is 6.04 Å². The molecule has 0 amide bonds. The molecule has 1 fully saturated rings. The lowest BCUT2D eigenvalue weighted by Gasteiger charge is -2.27. The van der Waals surface area contributed by atoms with Gasteiger partial charge in [-0.25, -0.2) is 0 Å². The summed E-state index contributed by atoms with van der Waals surface area (Å²) in [6.45, 7) is 5.84. The van der Waals surface area contributed by atoms with Crippen molar-refractivity contribution < 1.29 is 9.90 Å². The Labute approximate surface area is 91.6 Å². The highest BCUT2D eigenvalue weighted by Gasteiger charge is 2.18. The highest BCUT2D eigenvalue weighted by Crippen LogP contribution is 2.09. The number of carboxylic acid groups (broad SMARTS) is 1. The van der Waals surface area contributed by atoms with Gasteiger partial charge in [0, 0.05) is 6.54 Å². The molecule has 4 nitrogen and oxygen atoms in total. The predicted molar refractivity (Wildman–Crippen MR) is 60.0 cm³/mol. The summed E-state index contributed by atoms with van der Waals surface area (Å²) in [5, 5.41) is 11.9. The van der Waals surface area contributed by atoms with Crippen molar-refractivity contribution in [1.29, 1.82) is 0 Å². The van der Waals surface area contributed by atoms with Crippen LogP contribution in [0.5, 0.6) is 0 Å². The molecular formula is C11H22N2O2. The summed E-state index contributed by atoms with van der Waals surface area (Å²) in [6.07, 6.45) is 4.56. The average Bonchev–Trinajstić information content (AvgIpc) is 2.25. The monoisotopic (exact) mass is 214 g/mol. The Kier molecular flexibility index (Phi) is 5.65. The van der Waals surface area contributed by atoms with Gasteiger partial charge in [0.05, 0.1) is 0 Å². The minimum absolute atomic E-state index is 0.378. The summed E-state index contributed by atoms with van der Waals surface area (Å²) in [5.74, 6) is -0.728. The molecule has 1 rings (SSSR count). The van der Waals surface area contributed by atoms with E-state index in [2.05, 4.69) is 10.2 Å². The second-order valence-corrected chi connectivity index (χ2v) is 4.14. The van der Waals surface area contributed by atoms with Crippen LogP contribution in [0.1, 0.15) is 32.6 Å². The number of likely N-dealkylation sites (tertiary alicyclic amines) is 1. The summed E-state index contributed by atoms with van der Waals surface area (Å²) in [6, 6.07) is -0.378. The normalized spacial score (nSPS) is 20.1. The van der Waals surface area contributed by atoms with Gasteiger partial charge < -0.3 is 15.3 Å². The lowest BCUT2D eigenvalue weighted by atomic mass is 10.1. The van der Waals surface area contributed by atoms with Gasteiger partial charge in [0.15, 0.2) is 0 Å². The number of carboxylic acids is 1. The summed E-state index contributed by atoms with van der Waals surface area (Å²) < 4.78 is 0. The highest BCUT2D eigenvalue weighted by atomic mass is 16.4.